The molecule has 16 heavy (non-hydrogen) atoms. The van der Waals surface area contributed by atoms with E-state index in [4.69, 9.17) is 0 Å². The average Bonchev–Trinajstić information content (AvgIpc) is 2.28. The Bertz CT molecular complexity index is 269. The van der Waals surface area contributed by atoms with Crippen molar-refractivity contribution in [1.82, 2.24) is 0 Å². The molecule has 0 N–H and O–H groups in total. The zero-order valence-electron chi connectivity index (χ0n) is 11.0. The van der Waals surface area contributed by atoms with Crippen LogP contribution in [-0.4, -0.2) is 16.1 Å². The van der Waals surface area contributed by atoms with Crippen LogP contribution in [0.3, 0.4) is 0 Å². The number of hydrogen-bond donors (Lipinski definition) is 0. The minimum Gasteiger partial charge on any atom is -1.00 e. The van der Waals surface area contributed by atoms with Crippen LogP contribution in [0, 0.1) is 0 Å². The van der Waals surface area contributed by atoms with Gasteiger partial charge in [-0.15, -0.1) is 0 Å². The zero-order chi connectivity index (χ0) is 10.3. The van der Waals surface area contributed by atoms with Crippen LogP contribution < -0.4 is 35.2 Å². The van der Waals surface area contributed by atoms with Crippen LogP contribution in [0.4, 0.5) is 0 Å². The van der Waals surface area contributed by atoms with Gasteiger partial charge in [0, 0.05) is 16.1 Å². The van der Waals surface area contributed by atoms with Crippen molar-refractivity contribution in [2.75, 3.05) is 0 Å². The second-order valence-corrected chi connectivity index (χ2v) is 16.0. The van der Waals surface area contributed by atoms with Crippen LogP contribution in [0.2, 0.25) is 39.3 Å². The Labute approximate surface area is 134 Å². The van der Waals surface area contributed by atoms with Crippen molar-refractivity contribution in [3.63, 3.8) is 0 Å². The maximum atomic E-state index is 2.46. The first-order valence-electron chi connectivity index (χ1n) is 4.99. The third-order valence-corrected chi connectivity index (χ3v) is 6.57. The second-order valence-electron chi connectivity index (χ2n) is 5.89. The normalized spacial score (nSPS) is 10.9. The zero-order valence-corrected chi connectivity index (χ0v) is 17.0. The second kappa shape index (κ2) is 7.63. The summed E-state index contributed by atoms with van der Waals surface area (Å²) in [7, 11) is -2.14. The largest absolute Gasteiger partial charge is 3.00 e. The van der Waals surface area contributed by atoms with Crippen molar-refractivity contribution in [2.45, 2.75) is 39.3 Å². The van der Waals surface area contributed by atoms with E-state index in [1.807, 2.05) is 0 Å². The van der Waals surface area contributed by atoms with Gasteiger partial charge in [-0.1, -0.05) is 39.3 Å². The van der Waals surface area contributed by atoms with Gasteiger partial charge in [0.05, 0.1) is 0 Å². The van der Waals surface area contributed by atoms with E-state index in [1.54, 1.807) is 10.4 Å². The quantitative estimate of drug-likeness (QED) is 0.374. The first-order chi connectivity index (χ1) is 5.71. The number of halogens is 2. The first-order valence-corrected chi connectivity index (χ1v) is 12.0. The molecular formula is C11H21Cl2Si2Zr. The van der Waals surface area contributed by atoms with Crippen molar-refractivity contribution < 1.29 is 51.0 Å². The number of rotatable bonds is 2. The Hall–Kier alpha value is 1.25. The first kappa shape index (κ1) is 22.4. The summed E-state index contributed by atoms with van der Waals surface area (Å²) in [6, 6.07) is 7.15. The van der Waals surface area contributed by atoms with Gasteiger partial charge in [-0.05, 0) is 0 Å². The summed E-state index contributed by atoms with van der Waals surface area (Å²) in [5, 5.41) is 3.23. The van der Waals surface area contributed by atoms with Gasteiger partial charge in [-0.2, -0.15) is 17.3 Å². The molecule has 0 aliphatic carbocycles. The molecule has 1 aromatic carbocycles. The van der Waals surface area contributed by atoms with Crippen molar-refractivity contribution in [3.05, 3.63) is 18.2 Å². The molecule has 91 valence electrons. The molecule has 0 spiro atoms. The third-order valence-electron chi connectivity index (χ3n) is 2.49. The van der Waals surface area contributed by atoms with E-state index in [-0.39, 0.29) is 51.0 Å². The molecule has 0 unspecified atom stereocenters. The third kappa shape index (κ3) is 6.25. The predicted molar refractivity (Wildman–Crippen MR) is 68.0 cm³/mol. The summed E-state index contributed by atoms with van der Waals surface area (Å²) in [5.41, 5.74) is 0. The smallest absolute Gasteiger partial charge is 1.00 e. The summed E-state index contributed by atoms with van der Waals surface area (Å²) in [4.78, 5) is 0. The molecule has 5 heteroatoms. The molecule has 1 radical (unpaired) electrons. The maximum absolute atomic E-state index is 2.46. The Morgan fingerprint density at radius 2 is 1.38 bits per heavy atom. The molecule has 0 atom stereocenters. The van der Waals surface area contributed by atoms with Crippen LogP contribution in [0.5, 0.6) is 0 Å². The van der Waals surface area contributed by atoms with E-state index in [1.165, 1.54) is 0 Å². The fraction of sp³-hybridized carbons (Fsp3) is 0.545. The van der Waals surface area contributed by atoms with E-state index in [0.29, 0.717) is 0 Å². The van der Waals surface area contributed by atoms with E-state index in [9.17, 15) is 0 Å². The topological polar surface area (TPSA) is 0 Å². The molecule has 0 saturated heterocycles. The molecule has 1 rings (SSSR count). The van der Waals surface area contributed by atoms with Gasteiger partial charge in [0.2, 0.25) is 0 Å². The van der Waals surface area contributed by atoms with Gasteiger partial charge in [0.15, 0.2) is 0 Å². The molecule has 1 aromatic rings. The minimum atomic E-state index is -1.07. The molecular weight excluding hydrogens is 350 g/mol. The molecule has 0 fully saturated rings. The van der Waals surface area contributed by atoms with Crippen LogP contribution >= 0.6 is 0 Å². The van der Waals surface area contributed by atoms with Crippen molar-refractivity contribution in [1.29, 1.82) is 0 Å². The van der Waals surface area contributed by atoms with Crippen LogP contribution in [0.25, 0.3) is 0 Å². The summed E-state index contributed by atoms with van der Waals surface area (Å²) in [6.45, 7) is 14.5. The van der Waals surface area contributed by atoms with E-state index >= 15 is 0 Å². The molecule has 0 bridgehead atoms. The van der Waals surface area contributed by atoms with Gasteiger partial charge >= 0.3 is 26.2 Å². The maximum Gasteiger partial charge on any atom is 3.00 e. The molecule has 0 amide bonds. The number of hydrogen-bond acceptors (Lipinski definition) is 0. The average molecular weight is 372 g/mol. The molecule has 0 saturated carbocycles. The SMILES string of the molecule is C[Si](C)(C)c1cc[c-]([Si](C)(C)C)c1.[Cl-].[Cl-].[Zr+3]. The summed E-state index contributed by atoms with van der Waals surface area (Å²) in [6.07, 6.45) is 0. The van der Waals surface area contributed by atoms with E-state index in [2.05, 4.69) is 57.5 Å². The summed E-state index contributed by atoms with van der Waals surface area (Å²) < 4.78 is 0. The molecule has 0 nitrogen and oxygen atoms in total. The van der Waals surface area contributed by atoms with Gasteiger partial charge < -0.3 is 24.8 Å². The van der Waals surface area contributed by atoms with Crippen molar-refractivity contribution in [2.24, 2.45) is 0 Å². The van der Waals surface area contributed by atoms with Gasteiger partial charge in [-0.3, -0.25) is 0 Å². The Balaban J connectivity index is -0.000000563. The Morgan fingerprint density at radius 1 is 0.938 bits per heavy atom. The van der Waals surface area contributed by atoms with Crippen LogP contribution in [0.15, 0.2) is 18.2 Å². The summed E-state index contributed by atoms with van der Waals surface area (Å²) >= 11 is 0. The molecule has 0 heterocycles. The van der Waals surface area contributed by atoms with Gasteiger partial charge in [-0.25, -0.2) is 11.3 Å². The standard InChI is InChI=1S/C11H21Si2.2ClH.Zr/c1-12(2,3)10-7-8-11(9-10)13(4,5)6;;;/h7-9H,1-6H3;2*1H;/q-1;;;+3/p-2. The van der Waals surface area contributed by atoms with E-state index < -0.39 is 16.1 Å². The predicted octanol–water partition coefficient (Wildman–Crippen LogP) is -3.50. The van der Waals surface area contributed by atoms with E-state index in [0.717, 1.165) is 0 Å². The van der Waals surface area contributed by atoms with Gasteiger partial charge in [0.1, 0.15) is 0 Å². The van der Waals surface area contributed by atoms with Crippen molar-refractivity contribution >= 4 is 26.5 Å². The van der Waals surface area contributed by atoms with Crippen LogP contribution in [-0.2, 0) is 26.2 Å². The van der Waals surface area contributed by atoms with Gasteiger partial charge in [0.25, 0.3) is 0 Å². The minimum absolute atomic E-state index is 0. The molecule has 0 aliphatic rings. The fourth-order valence-electron chi connectivity index (χ4n) is 1.38. The molecule has 0 aliphatic heterocycles. The van der Waals surface area contributed by atoms with Crippen molar-refractivity contribution in [3.8, 4) is 0 Å². The Kier molecular flexibility index (Phi) is 10.7. The summed E-state index contributed by atoms with van der Waals surface area (Å²) in [5.74, 6) is 0. The fourth-order valence-corrected chi connectivity index (χ4v) is 3.86. The van der Waals surface area contributed by atoms with Crippen LogP contribution in [0.1, 0.15) is 0 Å². The monoisotopic (exact) mass is 369 g/mol. The molecule has 0 aromatic heterocycles. The Morgan fingerprint density at radius 3 is 1.56 bits per heavy atom.